The van der Waals surface area contributed by atoms with E-state index in [0.717, 1.165) is 0 Å². The van der Waals surface area contributed by atoms with Crippen molar-refractivity contribution < 1.29 is 38.4 Å². The summed E-state index contributed by atoms with van der Waals surface area (Å²) in [7, 11) is 6.06. The molecular weight excluding hydrogens is 444 g/mol. The van der Waals surface area contributed by atoms with Crippen molar-refractivity contribution >= 4 is 17.5 Å². The first-order valence-corrected chi connectivity index (χ1v) is 10.7. The predicted octanol–water partition coefficient (Wildman–Crippen LogP) is 1.63. The van der Waals surface area contributed by atoms with Gasteiger partial charge in [-0.3, -0.25) is 9.59 Å². The lowest BCUT2D eigenvalue weighted by Crippen LogP contribution is -2.39. The van der Waals surface area contributed by atoms with E-state index in [-0.39, 0.29) is 37.9 Å². The average Bonchev–Trinajstić information content (AvgIpc) is 3.26. The molecule has 2 aromatic rings. The number of aliphatic hydroxyl groups is 1. The van der Waals surface area contributed by atoms with Crippen LogP contribution >= 0.6 is 0 Å². The highest BCUT2D eigenvalue weighted by atomic mass is 16.5. The smallest absolute Gasteiger partial charge is 0.227 e. The lowest BCUT2D eigenvalue weighted by Gasteiger charge is -2.19. The average molecular weight is 475 g/mol. The number of hydrogen-bond donors (Lipinski definition) is 2. The first kappa shape index (κ1) is 25.0. The van der Waals surface area contributed by atoms with Gasteiger partial charge in [-0.05, 0) is 24.3 Å². The zero-order valence-corrected chi connectivity index (χ0v) is 19.7. The van der Waals surface area contributed by atoms with Gasteiger partial charge in [0, 0.05) is 31.3 Å². The molecule has 2 aromatic carbocycles. The maximum Gasteiger partial charge on any atom is 0.227 e. The Morgan fingerprint density at radius 2 is 1.68 bits per heavy atom. The van der Waals surface area contributed by atoms with Gasteiger partial charge in [0.05, 0.1) is 34.4 Å². The molecule has 0 aromatic heterocycles. The molecule has 2 amide bonds. The van der Waals surface area contributed by atoms with E-state index in [1.165, 1.54) is 28.4 Å². The normalized spacial score (nSPS) is 16.1. The number of aliphatic hydroxyl groups excluding tert-OH is 1. The van der Waals surface area contributed by atoms with E-state index in [2.05, 4.69) is 5.32 Å². The molecule has 10 nitrogen and oxygen atoms in total. The van der Waals surface area contributed by atoms with Crippen LogP contribution in [0.5, 0.6) is 28.7 Å². The maximum absolute atomic E-state index is 12.6. The molecule has 2 N–H and O–H groups in total. The summed E-state index contributed by atoms with van der Waals surface area (Å²) in [4.78, 5) is 26.7. The van der Waals surface area contributed by atoms with Crippen molar-refractivity contribution in [2.75, 3.05) is 53.0 Å². The fourth-order valence-corrected chi connectivity index (χ4v) is 3.69. The Morgan fingerprint density at radius 1 is 1.03 bits per heavy atom. The zero-order valence-electron chi connectivity index (χ0n) is 19.7. The van der Waals surface area contributed by atoms with E-state index < -0.39 is 12.0 Å². The number of para-hydroxylation sites is 1. The highest BCUT2D eigenvalue weighted by Gasteiger charge is 2.35. The molecule has 0 aliphatic carbocycles. The van der Waals surface area contributed by atoms with Gasteiger partial charge in [-0.15, -0.1) is 0 Å². The number of methoxy groups -OCH3 is 4. The van der Waals surface area contributed by atoms with Gasteiger partial charge in [-0.2, -0.15) is 0 Å². The van der Waals surface area contributed by atoms with Crippen molar-refractivity contribution in [2.24, 2.45) is 5.92 Å². The Morgan fingerprint density at radius 3 is 2.29 bits per heavy atom. The van der Waals surface area contributed by atoms with E-state index in [1.54, 1.807) is 41.3 Å². The fourth-order valence-electron chi connectivity index (χ4n) is 3.69. The summed E-state index contributed by atoms with van der Waals surface area (Å²) >= 11 is 0. The third-order valence-corrected chi connectivity index (χ3v) is 5.49. The third-order valence-electron chi connectivity index (χ3n) is 5.49. The van der Waals surface area contributed by atoms with Crippen molar-refractivity contribution in [3.8, 4) is 28.7 Å². The third kappa shape index (κ3) is 5.63. The van der Waals surface area contributed by atoms with Crippen molar-refractivity contribution in [3.05, 3.63) is 36.4 Å². The molecule has 0 spiro atoms. The highest BCUT2D eigenvalue weighted by molar-refractivity contribution is 6.00. The summed E-state index contributed by atoms with van der Waals surface area (Å²) in [6, 6.07) is 10.3. The quantitative estimate of drug-likeness (QED) is 0.505. The summed E-state index contributed by atoms with van der Waals surface area (Å²) in [5, 5.41) is 13.0. The summed E-state index contributed by atoms with van der Waals surface area (Å²) in [5.74, 6) is 1.33. The van der Waals surface area contributed by atoms with Crippen molar-refractivity contribution in [1.29, 1.82) is 0 Å². The van der Waals surface area contributed by atoms with Crippen molar-refractivity contribution in [1.82, 2.24) is 5.32 Å². The molecule has 1 fully saturated rings. The number of ether oxygens (including phenoxy) is 5. The van der Waals surface area contributed by atoms with Crippen LogP contribution in [0, 0.1) is 5.92 Å². The van der Waals surface area contributed by atoms with Gasteiger partial charge in [0.1, 0.15) is 12.7 Å². The van der Waals surface area contributed by atoms with Gasteiger partial charge < -0.3 is 39.0 Å². The number of hydrogen-bond acceptors (Lipinski definition) is 8. The number of nitrogens with zero attached hydrogens (tertiary/aromatic N) is 1. The topological polar surface area (TPSA) is 116 Å². The van der Waals surface area contributed by atoms with Crippen LogP contribution < -0.4 is 33.9 Å². The van der Waals surface area contributed by atoms with E-state index >= 15 is 0 Å². The molecule has 3 rings (SSSR count). The number of nitrogens with one attached hydrogen (secondary N) is 1. The Hall–Kier alpha value is -3.66. The van der Waals surface area contributed by atoms with Gasteiger partial charge in [-0.1, -0.05) is 6.07 Å². The van der Waals surface area contributed by atoms with E-state index in [1.807, 2.05) is 0 Å². The molecule has 2 unspecified atom stereocenters. The first-order chi connectivity index (χ1) is 16.4. The minimum absolute atomic E-state index is 0.0304. The minimum Gasteiger partial charge on any atom is -0.493 e. The molecule has 184 valence electrons. The monoisotopic (exact) mass is 474 g/mol. The van der Waals surface area contributed by atoms with Crippen LogP contribution in [0.3, 0.4) is 0 Å². The molecule has 10 heteroatoms. The predicted molar refractivity (Wildman–Crippen MR) is 124 cm³/mol. The van der Waals surface area contributed by atoms with Crippen LogP contribution in [0.2, 0.25) is 0 Å². The molecule has 0 bridgehead atoms. The lowest BCUT2D eigenvalue weighted by molar-refractivity contribution is -0.126. The van der Waals surface area contributed by atoms with Gasteiger partial charge in [-0.25, -0.2) is 0 Å². The Bertz CT molecular complexity index is 990. The molecule has 1 aliphatic heterocycles. The Kier molecular flexibility index (Phi) is 8.42. The molecule has 1 heterocycles. The summed E-state index contributed by atoms with van der Waals surface area (Å²) in [6.07, 6.45) is -0.900. The van der Waals surface area contributed by atoms with Crippen LogP contribution in [-0.4, -0.2) is 71.2 Å². The van der Waals surface area contributed by atoms with E-state index in [4.69, 9.17) is 23.7 Å². The van der Waals surface area contributed by atoms with Crippen LogP contribution in [0.1, 0.15) is 6.42 Å². The van der Waals surface area contributed by atoms with Crippen LogP contribution in [-0.2, 0) is 9.59 Å². The second kappa shape index (κ2) is 11.5. The van der Waals surface area contributed by atoms with Gasteiger partial charge >= 0.3 is 0 Å². The summed E-state index contributed by atoms with van der Waals surface area (Å²) in [5.41, 5.74) is 0.622. The van der Waals surface area contributed by atoms with Gasteiger partial charge in [0.15, 0.2) is 23.0 Å². The standard InChI is InChI=1S/C24H30N2O8/c1-30-18-9-8-16(11-21(18)33-4)26-13-15(10-22(26)28)24(29)25-12-17(27)14-34-23-19(31-2)6-5-7-20(23)32-3/h5-9,11,15,17,27H,10,12-14H2,1-4H3,(H,25,29). The van der Waals surface area contributed by atoms with Crippen molar-refractivity contribution in [3.63, 3.8) is 0 Å². The molecule has 0 radical (unpaired) electrons. The first-order valence-electron chi connectivity index (χ1n) is 10.7. The molecular formula is C24H30N2O8. The Balaban J connectivity index is 1.53. The largest absolute Gasteiger partial charge is 0.493 e. The maximum atomic E-state index is 12.6. The second-order valence-corrected chi connectivity index (χ2v) is 7.65. The number of carbonyl (C=O) groups is 2. The van der Waals surface area contributed by atoms with Gasteiger partial charge in [0.2, 0.25) is 17.6 Å². The van der Waals surface area contributed by atoms with Crippen molar-refractivity contribution in [2.45, 2.75) is 12.5 Å². The van der Waals surface area contributed by atoms with Gasteiger partial charge in [0.25, 0.3) is 0 Å². The SMILES string of the molecule is COc1ccc(N2CC(C(=O)NCC(O)COc3c(OC)cccc3OC)CC2=O)cc1OC. The molecule has 34 heavy (non-hydrogen) atoms. The van der Waals surface area contributed by atoms with E-state index in [9.17, 15) is 14.7 Å². The molecule has 0 saturated carbocycles. The van der Waals surface area contributed by atoms with Crippen LogP contribution in [0.4, 0.5) is 5.69 Å². The number of amides is 2. The van der Waals surface area contributed by atoms with E-state index in [0.29, 0.717) is 34.4 Å². The second-order valence-electron chi connectivity index (χ2n) is 7.65. The van der Waals surface area contributed by atoms with Crippen LogP contribution in [0.25, 0.3) is 0 Å². The number of benzene rings is 2. The summed E-state index contributed by atoms with van der Waals surface area (Å²) < 4.78 is 26.7. The number of rotatable bonds is 11. The Labute approximate surface area is 198 Å². The number of anilines is 1. The summed E-state index contributed by atoms with van der Waals surface area (Å²) in [6.45, 7) is 0.112. The lowest BCUT2D eigenvalue weighted by atomic mass is 10.1. The highest BCUT2D eigenvalue weighted by Crippen LogP contribution is 2.37. The number of carbonyl (C=O) groups excluding carboxylic acids is 2. The molecule has 1 saturated heterocycles. The fraction of sp³-hybridized carbons (Fsp3) is 0.417. The minimum atomic E-state index is -0.974. The molecule has 2 atom stereocenters. The zero-order chi connectivity index (χ0) is 24.7. The van der Waals surface area contributed by atoms with Crippen LogP contribution in [0.15, 0.2) is 36.4 Å². The molecule has 1 aliphatic rings.